The number of ether oxygens (including phenoxy) is 1. The monoisotopic (exact) mass is 346 g/mol. The predicted molar refractivity (Wildman–Crippen MR) is 96.6 cm³/mol. The molecule has 0 aliphatic carbocycles. The third-order valence-electron chi connectivity index (χ3n) is 4.23. The van der Waals surface area contributed by atoms with E-state index in [0.29, 0.717) is 18.0 Å². The summed E-state index contributed by atoms with van der Waals surface area (Å²) in [7, 11) is 1.67. The normalized spacial score (nSPS) is 14.7. The Hall–Kier alpha value is -2.28. The van der Waals surface area contributed by atoms with E-state index in [-0.39, 0.29) is 5.91 Å². The van der Waals surface area contributed by atoms with Crippen LogP contribution in [0.2, 0.25) is 0 Å². The summed E-state index contributed by atoms with van der Waals surface area (Å²) in [5, 5.41) is 2.48. The Kier molecular flexibility index (Phi) is 5.20. The summed E-state index contributed by atoms with van der Waals surface area (Å²) in [6.45, 7) is 3.21. The first-order valence-electron chi connectivity index (χ1n) is 8.02. The first-order chi connectivity index (χ1) is 11.7. The molecule has 1 aromatic heterocycles. The summed E-state index contributed by atoms with van der Waals surface area (Å²) in [5.74, 6) is 1.05. The van der Waals surface area contributed by atoms with E-state index in [0.717, 1.165) is 37.6 Å². The number of anilines is 2. The van der Waals surface area contributed by atoms with Crippen LogP contribution in [0.3, 0.4) is 0 Å². The molecule has 0 bridgehead atoms. The van der Waals surface area contributed by atoms with E-state index in [2.05, 4.69) is 22.0 Å². The number of nitrogens with two attached hydrogens (primary N) is 1. The van der Waals surface area contributed by atoms with Crippen molar-refractivity contribution < 1.29 is 9.53 Å². The molecule has 0 spiro atoms. The summed E-state index contributed by atoms with van der Waals surface area (Å²) < 4.78 is 5.19. The third-order valence-corrected chi connectivity index (χ3v) is 4.96. The van der Waals surface area contributed by atoms with Gasteiger partial charge in [0.15, 0.2) is 5.13 Å². The van der Waals surface area contributed by atoms with E-state index >= 15 is 0 Å². The second-order valence-electron chi connectivity index (χ2n) is 5.74. The van der Waals surface area contributed by atoms with Gasteiger partial charge in [0.1, 0.15) is 5.75 Å². The van der Waals surface area contributed by atoms with Crippen LogP contribution >= 0.6 is 11.3 Å². The van der Waals surface area contributed by atoms with Gasteiger partial charge in [-0.3, -0.25) is 4.79 Å². The highest BCUT2D eigenvalue weighted by Crippen LogP contribution is 2.21. The van der Waals surface area contributed by atoms with Gasteiger partial charge in [0.05, 0.1) is 12.8 Å². The minimum Gasteiger partial charge on any atom is -0.497 e. The Bertz CT molecular complexity index is 678. The van der Waals surface area contributed by atoms with Gasteiger partial charge in [-0.2, -0.15) is 0 Å². The molecule has 1 fully saturated rings. The first-order valence-corrected chi connectivity index (χ1v) is 8.90. The molecule has 2 aromatic rings. The lowest BCUT2D eigenvalue weighted by atomic mass is 10.2. The van der Waals surface area contributed by atoms with E-state index in [1.807, 2.05) is 22.4 Å². The summed E-state index contributed by atoms with van der Waals surface area (Å²) in [4.78, 5) is 20.8. The molecule has 0 atom stereocenters. The average Bonchev–Trinajstić information content (AvgIpc) is 3.05. The minimum atomic E-state index is 0.191. The zero-order valence-electron chi connectivity index (χ0n) is 13.8. The second-order valence-corrected chi connectivity index (χ2v) is 6.63. The number of amides is 1. The van der Waals surface area contributed by atoms with Crippen molar-refractivity contribution in [2.75, 3.05) is 43.9 Å². The molecule has 1 aromatic carbocycles. The molecule has 0 radical (unpaired) electrons. The van der Waals surface area contributed by atoms with Crippen molar-refractivity contribution in [1.29, 1.82) is 0 Å². The predicted octanol–water partition coefficient (Wildman–Crippen LogP) is 2.02. The summed E-state index contributed by atoms with van der Waals surface area (Å²) in [6.07, 6.45) is 1.15. The Morgan fingerprint density at radius 2 is 1.96 bits per heavy atom. The van der Waals surface area contributed by atoms with E-state index in [9.17, 15) is 4.79 Å². The lowest BCUT2D eigenvalue weighted by Gasteiger charge is -2.36. The molecular weight excluding hydrogens is 324 g/mol. The molecular formula is C17H22N4O2S. The number of methoxy groups -OCH3 is 1. The number of nitrogens with zero attached hydrogens (tertiary/aromatic N) is 3. The molecule has 0 unspecified atom stereocenters. The highest BCUT2D eigenvalue weighted by atomic mass is 32.1. The highest BCUT2D eigenvalue weighted by molar-refractivity contribution is 7.13. The molecule has 3 rings (SSSR count). The van der Waals surface area contributed by atoms with E-state index in [4.69, 9.17) is 10.5 Å². The Balaban J connectivity index is 1.47. The van der Waals surface area contributed by atoms with Crippen molar-refractivity contribution in [1.82, 2.24) is 9.88 Å². The molecule has 6 nitrogen and oxygen atoms in total. The van der Waals surface area contributed by atoms with E-state index < -0.39 is 0 Å². The number of benzene rings is 1. The number of carbonyl (C=O) groups excluding carboxylic acids is 1. The fraction of sp³-hybridized carbons (Fsp3) is 0.412. The summed E-state index contributed by atoms with van der Waals surface area (Å²) in [5.41, 5.74) is 7.69. The van der Waals surface area contributed by atoms with Gasteiger partial charge < -0.3 is 20.3 Å². The summed E-state index contributed by atoms with van der Waals surface area (Å²) >= 11 is 1.42. The largest absolute Gasteiger partial charge is 0.497 e. The molecule has 128 valence electrons. The fourth-order valence-electron chi connectivity index (χ4n) is 2.84. The number of hydrogen-bond acceptors (Lipinski definition) is 6. The van der Waals surface area contributed by atoms with Gasteiger partial charge in [-0.15, -0.1) is 11.3 Å². The number of thiazole rings is 1. The van der Waals surface area contributed by atoms with Gasteiger partial charge >= 0.3 is 0 Å². The van der Waals surface area contributed by atoms with Gasteiger partial charge in [-0.1, -0.05) is 0 Å². The number of piperazine rings is 1. The Labute approximate surface area is 145 Å². The van der Waals surface area contributed by atoms with Gasteiger partial charge in [-0.25, -0.2) is 4.98 Å². The van der Waals surface area contributed by atoms with Gasteiger partial charge in [0, 0.05) is 43.7 Å². The molecule has 1 aliphatic rings. The number of aryl methyl sites for hydroxylation is 1. The smallest absolute Gasteiger partial charge is 0.223 e. The van der Waals surface area contributed by atoms with Crippen LogP contribution in [0.5, 0.6) is 5.75 Å². The van der Waals surface area contributed by atoms with Crippen molar-refractivity contribution in [2.24, 2.45) is 0 Å². The van der Waals surface area contributed by atoms with Crippen LogP contribution in [0.15, 0.2) is 29.6 Å². The van der Waals surface area contributed by atoms with Crippen LogP contribution < -0.4 is 15.4 Å². The van der Waals surface area contributed by atoms with Crippen LogP contribution in [-0.2, 0) is 11.2 Å². The number of nitrogen functional groups attached to an aromatic ring is 1. The number of carbonyl (C=O) groups is 1. The fourth-order valence-corrected chi connectivity index (χ4v) is 3.43. The lowest BCUT2D eigenvalue weighted by molar-refractivity contribution is -0.131. The Morgan fingerprint density at radius 3 is 2.54 bits per heavy atom. The SMILES string of the molecule is COc1ccc(N2CCN(C(=O)CCc3csc(N)n3)CC2)cc1. The molecule has 7 heteroatoms. The highest BCUT2D eigenvalue weighted by Gasteiger charge is 2.21. The minimum absolute atomic E-state index is 0.191. The zero-order chi connectivity index (χ0) is 16.9. The maximum atomic E-state index is 12.3. The Morgan fingerprint density at radius 1 is 1.25 bits per heavy atom. The van der Waals surface area contributed by atoms with Crippen LogP contribution in [0.4, 0.5) is 10.8 Å². The molecule has 24 heavy (non-hydrogen) atoms. The number of rotatable bonds is 5. The van der Waals surface area contributed by atoms with Crippen molar-refractivity contribution in [3.63, 3.8) is 0 Å². The molecule has 2 N–H and O–H groups in total. The van der Waals surface area contributed by atoms with Crippen LogP contribution in [-0.4, -0.2) is 49.1 Å². The zero-order valence-corrected chi connectivity index (χ0v) is 14.6. The quantitative estimate of drug-likeness (QED) is 0.897. The van der Waals surface area contributed by atoms with Crippen molar-refractivity contribution in [2.45, 2.75) is 12.8 Å². The summed E-state index contributed by atoms with van der Waals surface area (Å²) in [6, 6.07) is 8.05. The van der Waals surface area contributed by atoms with Crippen LogP contribution in [0, 0.1) is 0 Å². The molecule has 1 amide bonds. The van der Waals surface area contributed by atoms with Crippen molar-refractivity contribution in [3.05, 3.63) is 35.3 Å². The number of hydrogen-bond donors (Lipinski definition) is 1. The standard InChI is InChI=1S/C17H22N4O2S/c1-23-15-5-3-14(4-6-15)20-8-10-21(11-9-20)16(22)7-2-13-12-24-17(18)19-13/h3-6,12H,2,7-11H2,1H3,(H2,18,19). The maximum Gasteiger partial charge on any atom is 0.223 e. The molecule has 1 aliphatic heterocycles. The van der Waals surface area contributed by atoms with Crippen LogP contribution in [0.25, 0.3) is 0 Å². The van der Waals surface area contributed by atoms with Crippen molar-refractivity contribution in [3.8, 4) is 5.75 Å². The number of aromatic nitrogens is 1. The second kappa shape index (κ2) is 7.53. The molecule has 2 heterocycles. The van der Waals surface area contributed by atoms with Crippen molar-refractivity contribution >= 4 is 28.1 Å². The van der Waals surface area contributed by atoms with Gasteiger partial charge in [0.25, 0.3) is 0 Å². The third kappa shape index (κ3) is 3.97. The van der Waals surface area contributed by atoms with Gasteiger partial charge in [0.2, 0.25) is 5.91 Å². The van der Waals surface area contributed by atoms with Crippen LogP contribution in [0.1, 0.15) is 12.1 Å². The topological polar surface area (TPSA) is 71.7 Å². The van der Waals surface area contributed by atoms with E-state index in [1.54, 1.807) is 7.11 Å². The maximum absolute atomic E-state index is 12.3. The van der Waals surface area contributed by atoms with E-state index in [1.165, 1.54) is 17.0 Å². The van der Waals surface area contributed by atoms with Gasteiger partial charge in [-0.05, 0) is 30.7 Å². The average molecular weight is 346 g/mol. The first kappa shape index (κ1) is 16.6. The lowest BCUT2D eigenvalue weighted by Crippen LogP contribution is -2.48. The molecule has 0 saturated carbocycles. The molecule has 1 saturated heterocycles.